The molecule has 0 aliphatic heterocycles. The van der Waals surface area contributed by atoms with Gasteiger partial charge in [-0.25, -0.2) is 0 Å². The molecule has 1 N–H and O–H groups in total. The fourth-order valence-corrected chi connectivity index (χ4v) is 3.51. The average molecular weight is 427 g/mol. The Bertz CT molecular complexity index is 934. The van der Waals surface area contributed by atoms with Crippen molar-refractivity contribution in [2.24, 2.45) is 0 Å². The molecule has 0 fully saturated rings. The van der Waals surface area contributed by atoms with Gasteiger partial charge in [-0.2, -0.15) is 0 Å². The fraction of sp³-hybridized carbons (Fsp3) is 0.208. The molecule has 29 heavy (non-hydrogen) atoms. The maximum absolute atomic E-state index is 13.3. The van der Waals surface area contributed by atoms with E-state index in [2.05, 4.69) is 36.2 Å². The van der Waals surface area contributed by atoms with Crippen LogP contribution >= 0.6 is 23.2 Å². The van der Waals surface area contributed by atoms with Gasteiger partial charge in [-0.1, -0.05) is 35.3 Å². The van der Waals surface area contributed by atoms with Gasteiger partial charge in [-0.15, -0.1) is 0 Å². The van der Waals surface area contributed by atoms with Crippen LogP contribution in [-0.2, 0) is 0 Å². The minimum absolute atomic E-state index is 0.0307. The third kappa shape index (κ3) is 5.31. The molecule has 0 spiro atoms. The predicted octanol–water partition coefficient (Wildman–Crippen LogP) is 6.88. The van der Waals surface area contributed by atoms with Crippen molar-refractivity contribution in [1.29, 1.82) is 0 Å². The van der Waals surface area contributed by atoms with Crippen molar-refractivity contribution in [3.8, 4) is 0 Å². The first-order valence-corrected chi connectivity index (χ1v) is 10.4. The van der Waals surface area contributed by atoms with Crippen molar-refractivity contribution < 1.29 is 4.79 Å². The molecule has 0 bridgehead atoms. The average Bonchev–Trinajstić information content (AvgIpc) is 2.75. The van der Waals surface area contributed by atoms with Gasteiger partial charge in [0, 0.05) is 40.1 Å². The van der Waals surface area contributed by atoms with E-state index >= 15 is 0 Å². The smallest absolute Gasteiger partial charge is 0.189 e. The van der Waals surface area contributed by atoms with Crippen LogP contribution in [0.1, 0.15) is 35.8 Å². The quantitative estimate of drug-likeness (QED) is 0.398. The van der Waals surface area contributed by atoms with E-state index in [1.165, 1.54) is 0 Å². The van der Waals surface area contributed by atoms with Crippen molar-refractivity contribution in [2.75, 3.05) is 23.3 Å². The Hall–Kier alpha value is -2.49. The van der Waals surface area contributed by atoms with Gasteiger partial charge >= 0.3 is 0 Å². The van der Waals surface area contributed by atoms with Gasteiger partial charge in [0.2, 0.25) is 0 Å². The fourth-order valence-electron chi connectivity index (χ4n) is 3.26. The molecule has 5 heteroatoms. The third-order valence-corrected chi connectivity index (χ3v) is 5.41. The van der Waals surface area contributed by atoms with E-state index in [-0.39, 0.29) is 5.78 Å². The number of anilines is 2. The highest BCUT2D eigenvalue weighted by Crippen LogP contribution is 2.27. The van der Waals surface area contributed by atoms with Crippen LogP contribution in [0, 0.1) is 0 Å². The topological polar surface area (TPSA) is 32.3 Å². The number of nitrogens with zero attached hydrogens (tertiary/aromatic N) is 1. The summed E-state index contributed by atoms with van der Waals surface area (Å²) in [7, 11) is 0. The molecular formula is C24H24Cl2N2O. The Balaban J connectivity index is 1.90. The summed E-state index contributed by atoms with van der Waals surface area (Å²) in [5, 5.41) is 4.62. The van der Waals surface area contributed by atoms with Crippen LogP contribution in [0.5, 0.6) is 0 Å². The molecule has 0 saturated carbocycles. The monoisotopic (exact) mass is 426 g/mol. The molecule has 3 aromatic carbocycles. The molecule has 0 aromatic heterocycles. The zero-order chi connectivity index (χ0) is 20.8. The Morgan fingerprint density at radius 3 is 1.86 bits per heavy atom. The number of carbonyl (C=O) groups excluding carboxylic acids is 1. The minimum atomic E-state index is -0.534. The Morgan fingerprint density at radius 1 is 0.828 bits per heavy atom. The van der Waals surface area contributed by atoms with E-state index in [0.717, 1.165) is 30.0 Å². The second-order valence-corrected chi connectivity index (χ2v) is 7.59. The SMILES string of the molecule is CCN(CC)c1ccc(NC(C(=O)c2ccc(Cl)cc2)c2ccc(Cl)cc2)cc1. The Morgan fingerprint density at radius 2 is 1.34 bits per heavy atom. The number of carbonyl (C=O) groups is 1. The number of halogens is 2. The first kappa shape index (κ1) is 21.2. The second kappa shape index (κ2) is 9.82. The standard InChI is InChI=1S/C24H24Cl2N2O/c1-3-28(4-2)22-15-13-21(14-16-22)27-23(17-5-9-19(25)10-6-17)24(29)18-7-11-20(26)12-8-18/h5-16,23,27H,3-4H2,1-2H3. The molecule has 0 amide bonds. The molecule has 1 atom stereocenters. The number of nitrogens with one attached hydrogen (secondary N) is 1. The highest BCUT2D eigenvalue weighted by Gasteiger charge is 2.22. The summed E-state index contributed by atoms with van der Waals surface area (Å²) in [6, 6.07) is 21.9. The third-order valence-electron chi connectivity index (χ3n) is 4.90. The molecule has 0 saturated heterocycles. The molecule has 0 aliphatic carbocycles. The molecule has 1 unspecified atom stereocenters. The van der Waals surface area contributed by atoms with Crippen LogP contribution in [0.3, 0.4) is 0 Å². The number of Topliss-reactive ketones (excluding diaryl/α,β-unsaturated/α-hetero) is 1. The number of hydrogen-bond acceptors (Lipinski definition) is 3. The molecule has 0 heterocycles. The summed E-state index contributed by atoms with van der Waals surface area (Å²) < 4.78 is 0. The summed E-state index contributed by atoms with van der Waals surface area (Å²) in [6.07, 6.45) is 0. The predicted molar refractivity (Wildman–Crippen MR) is 124 cm³/mol. The zero-order valence-electron chi connectivity index (χ0n) is 16.5. The normalized spacial score (nSPS) is 11.7. The van der Waals surface area contributed by atoms with Gasteiger partial charge in [-0.3, -0.25) is 4.79 Å². The van der Waals surface area contributed by atoms with E-state index in [0.29, 0.717) is 15.6 Å². The lowest BCUT2D eigenvalue weighted by atomic mass is 9.97. The van der Waals surface area contributed by atoms with Crippen LogP contribution < -0.4 is 10.2 Å². The van der Waals surface area contributed by atoms with Gasteiger partial charge in [-0.05, 0) is 80.1 Å². The van der Waals surface area contributed by atoms with Gasteiger partial charge in [0.1, 0.15) is 6.04 Å². The minimum Gasteiger partial charge on any atom is -0.372 e. The number of benzene rings is 3. The summed E-state index contributed by atoms with van der Waals surface area (Å²) in [5.41, 5.74) is 3.49. The zero-order valence-corrected chi connectivity index (χ0v) is 18.0. The first-order valence-electron chi connectivity index (χ1n) is 9.68. The van der Waals surface area contributed by atoms with E-state index in [4.69, 9.17) is 23.2 Å². The van der Waals surface area contributed by atoms with Crippen molar-refractivity contribution in [1.82, 2.24) is 0 Å². The molecule has 0 radical (unpaired) electrons. The highest BCUT2D eigenvalue weighted by atomic mass is 35.5. The van der Waals surface area contributed by atoms with Crippen LogP contribution in [-0.4, -0.2) is 18.9 Å². The van der Waals surface area contributed by atoms with Crippen LogP contribution in [0.15, 0.2) is 72.8 Å². The summed E-state index contributed by atoms with van der Waals surface area (Å²) >= 11 is 12.0. The Labute approximate surface area is 182 Å². The lowest BCUT2D eigenvalue weighted by Gasteiger charge is -2.23. The second-order valence-electron chi connectivity index (χ2n) is 6.72. The van der Waals surface area contributed by atoms with Gasteiger partial charge in [0.05, 0.1) is 0 Å². The van der Waals surface area contributed by atoms with Crippen LogP contribution in [0.4, 0.5) is 11.4 Å². The van der Waals surface area contributed by atoms with Crippen molar-refractivity contribution >= 4 is 40.4 Å². The van der Waals surface area contributed by atoms with Crippen LogP contribution in [0.25, 0.3) is 0 Å². The molecule has 3 rings (SSSR count). The lowest BCUT2D eigenvalue weighted by Crippen LogP contribution is -2.22. The molecule has 150 valence electrons. The lowest BCUT2D eigenvalue weighted by molar-refractivity contribution is 0.0969. The molecular weight excluding hydrogens is 403 g/mol. The summed E-state index contributed by atoms with van der Waals surface area (Å²) in [6.45, 7) is 6.17. The maximum atomic E-state index is 13.3. The van der Waals surface area contributed by atoms with E-state index in [1.54, 1.807) is 36.4 Å². The molecule has 3 aromatic rings. The van der Waals surface area contributed by atoms with Crippen molar-refractivity contribution in [3.05, 3.63) is 94.0 Å². The molecule has 0 aliphatic rings. The van der Waals surface area contributed by atoms with Crippen molar-refractivity contribution in [2.45, 2.75) is 19.9 Å². The number of ketones is 1. The highest BCUT2D eigenvalue weighted by molar-refractivity contribution is 6.31. The van der Waals surface area contributed by atoms with Gasteiger partial charge in [0.25, 0.3) is 0 Å². The Kier molecular flexibility index (Phi) is 7.18. The first-order chi connectivity index (χ1) is 14.0. The van der Waals surface area contributed by atoms with E-state index < -0.39 is 6.04 Å². The largest absolute Gasteiger partial charge is 0.372 e. The van der Waals surface area contributed by atoms with Gasteiger partial charge < -0.3 is 10.2 Å². The van der Waals surface area contributed by atoms with E-state index in [9.17, 15) is 4.79 Å². The van der Waals surface area contributed by atoms with Crippen LogP contribution in [0.2, 0.25) is 10.0 Å². The summed E-state index contributed by atoms with van der Waals surface area (Å²) in [4.78, 5) is 15.5. The van der Waals surface area contributed by atoms with E-state index in [1.807, 2.05) is 24.3 Å². The van der Waals surface area contributed by atoms with Gasteiger partial charge in [0.15, 0.2) is 5.78 Å². The van der Waals surface area contributed by atoms with Crippen molar-refractivity contribution in [3.63, 3.8) is 0 Å². The molecule has 3 nitrogen and oxygen atoms in total. The summed E-state index contributed by atoms with van der Waals surface area (Å²) in [5.74, 6) is -0.0307. The number of rotatable bonds is 8. The number of hydrogen-bond donors (Lipinski definition) is 1. The maximum Gasteiger partial charge on any atom is 0.189 e.